The van der Waals surface area contributed by atoms with E-state index in [1.165, 1.54) is 12.8 Å². The molecule has 6 nitrogen and oxygen atoms in total. The van der Waals surface area contributed by atoms with Crippen LogP contribution in [0, 0.1) is 44.8 Å². The van der Waals surface area contributed by atoms with Crippen molar-refractivity contribution in [2.75, 3.05) is 13.2 Å². The Hall–Kier alpha value is -1.63. The van der Waals surface area contributed by atoms with E-state index in [-0.39, 0.29) is 0 Å². The fraction of sp³-hybridized carbons (Fsp3) is 0.824. The highest BCUT2D eigenvalue weighted by Gasteiger charge is 3.03. The summed E-state index contributed by atoms with van der Waals surface area (Å²) in [6.45, 7) is 3.04. The summed E-state index contributed by atoms with van der Waals surface area (Å²) in [5, 5.41) is 20.1. The van der Waals surface area contributed by atoms with E-state index in [1.54, 1.807) is 0 Å². The third kappa shape index (κ3) is 1.28. The molecular weight excluding hydrogens is 292 g/mol. The highest BCUT2D eigenvalue weighted by molar-refractivity contribution is 5.95. The van der Waals surface area contributed by atoms with Crippen molar-refractivity contribution in [1.82, 2.24) is 0 Å². The lowest BCUT2D eigenvalue weighted by atomic mass is 9.71. The Kier molecular flexibility index (Phi) is 2.90. The number of hydrogen-bond donors (Lipinski definition) is 2. The van der Waals surface area contributed by atoms with Crippen molar-refractivity contribution in [2.45, 2.75) is 51.4 Å². The van der Waals surface area contributed by atoms with Crippen LogP contribution in [-0.2, 0) is 9.47 Å². The minimum Gasteiger partial charge on any atom is -0.311 e. The maximum atomic E-state index is 10.1. The van der Waals surface area contributed by atoms with Crippen LogP contribution in [0.4, 0.5) is 0 Å². The molecule has 2 aliphatic heterocycles. The topological polar surface area (TPSA) is 106 Å². The average Bonchev–Trinajstić information content (AvgIpc) is 2.83. The smallest absolute Gasteiger partial charge is 0.311 e. The number of rotatable bonds is 2. The minimum atomic E-state index is -1.24. The first-order valence-electron chi connectivity index (χ1n) is 8.61. The van der Waals surface area contributed by atoms with Crippen molar-refractivity contribution in [1.29, 1.82) is 10.5 Å². The maximum absolute atomic E-state index is 10.1. The first-order valence-corrected chi connectivity index (χ1v) is 8.61. The number of hydrogen-bond acceptors (Lipinski definition) is 5. The zero-order valence-corrected chi connectivity index (χ0v) is 13.5. The van der Waals surface area contributed by atoms with Crippen molar-refractivity contribution >= 4 is 5.84 Å². The van der Waals surface area contributed by atoms with Gasteiger partial charge in [0.2, 0.25) is 0 Å². The molecule has 4 aliphatic rings. The van der Waals surface area contributed by atoms with E-state index in [1.807, 2.05) is 0 Å². The third-order valence-corrected chi connectivity index (χ3v) is 6.82. The summed E-state index contributed by atoms with van der Waals surface area (Å²) in [5.41, 5.74) is 3.80. The van der Waals surface area contributed by atoms with Gasteiger partial charge in [0.1, 0.15) is 0 Å². The molecule has 23 heavy (non-hydrogen) atoms. The van der Waals surface area contributed by atoms with Crippen LogP contribution >= 0.6 is 0 Å². The normalized spacial score (nSPS) is 46.2. The zero-order chi connectivity index (χ0) is 16.3. The highest BCUT2D eigenvalue weighted by atomic mass is 16.8. The van der Waals surface area contributed by atoms with E-state index in [0.717, 1.165) is 25.7 Å². The van der Waals surface area contributed by atoms with Crippen molar-refractivity contribution < 1.29 is 14.5 Å². The standard InChI is InChI=1S/C17H22N4O2/c1-2-3-12-4-6-14(7-5-12)15(10-18)13(20)21-17(16(14,15)11-19)22-8-9-23-17/h12H,2-9H2,1H3,(H2,20,21)/p+1/t12?,14?,15-,16+/m1/s1. The monoisotopic (exact) mass is 315 g/mol. The van der Waals surface area contributed by atoms with Gasteiger partial charge in [0, 0.05) is 5.41 Å². The van der Waals surface area contributed by atoms with Crippen LogP contribution in [0.2, 0.25) is 0 Å². The van der Waals surface area contributed by atoms with Crippen LogP contribution in [0.1, 0.15) is 45.4 Å². The predicted octanol–water partition coefficient (Wildman–Crippen LogP) is 0.149. The first kappa shape index (κ1) is 14.9. The second-order valence-corrected chi connectivity index (χ2v) is 7.39. The van der Waals surface area contributed by atoms with Gasteiger partial charge in [0.25, 0.3) is 5.84 Å². The Bertz CT molecular complexity index is 646. The number of nitrogens with zero attached hydrogens (tertiary/aromatic N) is 2. The van der Waals surface area contributed by atoms with Crippen LogP contribution in [-0.4, -0.2) is 25.0 Å². The van der Waals surface area contributed by atoms with E-state index in [2.05, 4.69) is 24.1 Å². The summed E-state index contributed by atoms with van der Waals surface area (Å²) in [4.78, 5) is 3.03. The van der Waals surface area contributed by atoms with Crippen molar-refractivity contribution in [2.24, 2.45) is 27.9 Å². The van der Waals surface area contributed by atoms with Gasteiger partial charge in [-0.15, -0.1) is 0 Å². The van der Waals surface area contributed by atoms with Crippen LogP contribution in [0.3, 0.4) is 0 Å². The molecule has 3 N–H and O–H groups in total. The Morgan fingerprint density at radius 3 is 2.39 bits per heavy atom. The quantitative estimate of drug-likeness (QED) is 0.754. The van der Waals surface area contributed by atoms with Gasteiger partial charge in [-0.3, -0.25) is 5.73 Å². The molecule has 0 aromatic carbocycles. The maximum Gasteiger partial charge on any atom is 0.343 e. The molecule has 0 amide bonds. The van der Waals surface area contributed by atoms with Gasteiger partial charge in [-0.25, -0.2) is 4.99 Å². The summed E-state index contributed by atoms with van der Waals surface area (Å²) in [6.07, 6.45) is 6.17. The van der Waals surface area contributed by atoms with Crippen molar-refractivity contribution in [3.05, 3.63) is 0 Å². The number of nitriles is 2. The molecule has 4 rings (SSSR count). The number of nitrogens with two attached hydrogens (primary N) is 1. The summed E-state index contributed by atoms with van der Waals surface area (Å²) in [6, 6.07) is 4.85. The Morgan fingerprint density at radius 2 is 1.87 bits per heavy atom. The van der Waals surface area contributed by atoms with Gasteiger partial charge >= 0.3 is 5.91 Å². The molecule has 0 aromatic heterocycles. The van der Waals surface area contributed by atoms with Crippen molar-refractivity contribution in [3.63, 3.8) is 0 Å². The predicted molar refractivity (Wildman–Crippen MR) is 80.2 cm³/mol. The van der Waals surface area contributed by atoms with Crippen LogP contribution in [0.15, 0.2) is 0 Å². The zero-order valence-electron chi connectivity index (χ0n) is 13.5. The molecule has 1 saturated heterocycles. The van der Waals surface area contributed by atoms with Gasteiger partial charge in [0.05, 0.1) is 25.4 Å². The van der Waals surface area contributed by atoms with Gasteiger partial charge < -0.3 is 9.47 Å². The van der Waals surface area contributed by atoms with E-state index in [0.29, 0.717) is 25.0 Å². The molecule has 2 spiro atoms. The molecule has 2 atom stereocenters. The lowest BCUT2D eigenvalue weighted by Crippen LogP contribution is -2.90. The first-order chi connectivity index (χ1) is 11.1. The summed E-state index contributed by atoms with van der Waals surface area (Å²) >= 11 is 0. The fourth-order valence-corrected chi connectivity index (χ4v) is 5.91. The lowest BCUT2D eigenvalue weighted by molar-refractivity contribution is -0.678. The van der Waals surface area contributed by atoms with E-state index in [4.69, 9.17) is 15.2 Å². The van der Waals surface area contributed by atoms with E-state index >= 15 is 0 Å². The Balaban J connectivity index is 1.77. The fourth-order valence-electron chi connectivity index (χ4n) is 5.91. The van der Waals surface area contributed by atoms with E-state index < -0.39 is 22.2 Å². The molecule has 122 valence electrons. The second kappa shape index (κ2) is 4.47. The van der Waals surface area contributed by atoms with Crippen molar-refractivity contribution in [3.8, 4) is 12.1 Å². The molecule has 0 bridgehead atoms. The summed E-state index contributed by atoms with van der Waals surface area (Å²) in [5.74, 6) is -0.189. The molecule has 3 fully saturated rings. The summed E-state index contributed by atoms with van der Waals surface area (Å²) in [7, 11) is 0. The number of amidine groups is 1. The molecule has 6 heteroatoms. The van der Waals surface area contributed by atoms with Crippen LogP contribution < -0.4 is 10.7 Å². The highest BCUT2D eigenvalue weighted by Crippen LogP contribution is 2.86. The average molecular weight is 315 g/mol. The third-order valence-electron chi connectivity index (χ3n) is 6.82. The molecule has 0 aromatic rings. The number of fused-ring (bicyclic) bond motifs is 4. The second-order valence-electron chi connectivity index (χ2n) is 7.39. The SMILES string of the molecule is CCCC1CCC2(CC1)[C@]1(C#N)C3([NH+]=C(N)[C@]21C#N)OCCO3. The molecule has 2 saturated carbocycles. The molecule has 0 radical (unpaired) electrons. The number of ether oxygens (including phenoxy) is 2. The largest absolute Gasteiger partial charge is 0.343 e. The molecule has 2 heterocycles. The lowest BCUT2D eigenvalue weighted by Gasteiger charge is -2.34. The summed E-state index contributed by atoms with van der Waals surface area (Å²) < 4.78 is 11.7. The Labute approximate surface area is 136 Å². The minimum absolute atomic E-state index is 0.359. The number of nitrogens with one attached hydrogen (secondary N) is 1. The molecule has 0 unspecified atom stereocenters. The van der Waals surface area contributed by atoms with Gasteiger partial charge in [-0.05, 0) is 31.6 Å². The van der Waals surface area contributed by atoms with Gasteiger partial charge in [-0.1, -0.05) is 19.8 Å². The van der Waals surface area contributed by atoms with Crippen LogP contribution in [0.25, 0.3) is 0 Å². The molecule has 2 aliphatic carbocycles. The van der Waals surface area contributed by atoms with Gasteiger partial charge in [-0.2, -0.15) is 10.5 Å². The van der Waals surface area contributed by atoms with Crippen LogP contribution in [0.5, 0.6) is 0 Å². The molecular formula is C17H23N4O2+. The van der Waals surface area contributed by atoms with Gasteiger partial charge in [0.15, 0.2) is 10.8 Å². The van der Waals surface area contributed by atoms with E-state index in [9.17, 15) is 10.5 Å². The Morgan fingerprint density at radius 1 is 1.22 bits per heavy atom.